The van der Waals surface area contributed by atoms with E-state index in [0.29, 0.717) is 13.1 Å². The molecule has 2 saturated carbocycles. The molecule has 156 valence electrons. The minimum Gasteiger partial charge on any atom is -0.477 e. The number of aromatic carboxylic acids is 1. The van der Waals surface area contributed by atoms with Crippen LogP contribution in [0.2, 0.25) is 0 Å². The molecule has 3 N–H and O–H groups in total. The summed E-state index contributed by atoms with van der Waals surface area (Å²) in [5.74, 6) is -2.05. The zero-order chi connectivity index (χ0) is 21.4. The fourth-order valence-electron chi connectivity index (χ4n) is 4.73. The third-order valence-corrected chi connectivity index (χ3v) is 6.77. The number of anilines is 1. The van der Waals surface area contributed by atoms with Crippen LogP contribution in [-0.2, 0) is 0 Å². The summed E-state index contributed by atoms with van der Waals surface area (Å²) in [4.78, 5) is 26.0. The number of nitrogens with zero attached hydrogens (tertiary/aromatic N) is 3. The summed E-state index contributed by atoms with van der Waals surface area (Å²) in [6, 6.07) is 2.30. The molecule has 1 aromatic carbocycles. The molecule has 7 nitrogen and oxygen atoms in total. The Morgan fingerprint density at radius 3 is 2.67 bits per heavy atom. The van der Waals surface area contributed by atoms with Gasteiger partial charge in [0.2, 0.25) is 5.43 Å². The molecular weight excluding hydrogens is 394 g/mol. The van der Waals surface area contributed by atoms with Crippen LogP contribution in [0.5, 0.6) is 0 Å². The van der Waals surface area contributed by atoms with Crippen LogP contribution in [0.25, 0.3) is 10.9 Å². The molecule has 3 aliphatic rings. The Morgan fingerprint density at radius 2 is 2.10 bits per heavy atom. The Balaban J connectivity index is 1.73. The summed E-state index contributed by atoms with van der Waals surface area (Å²) in [5, 5.41) is 19.1. The van der Waals surface area contributed by atoms with Gasteiger partial charge in [0.1, 0.15) is 29.2 Å². The molecule has 2 heterocycles. The zero-order valence-corrected chi connectivity index (χ0v) is 16.1. The number of pyridine rings is 1. The maximum atomic E-state index is 15.2. The summed E-state index contributed by atoms with van der Waals surface area (Å²) in [7, 11) is 0. The van der Waals surface area contributed by atoms with Gasteiger partial charge in [-0.25, -0.2) is 13.6 Å². The first-order valence-corrected chi connectivity index (χ1v) is 9.98. The van der Waals surface area contributed by atoms with Gasteiger partial charge in [-0.1, -0.05) is 0 Å². The Morgan fingerprint density at radius 1 is 1.40 bits per heavy atom. The SMILES string of the molecule is N#Cc1c(N2CCC(C3(N)CC3)C2)c(F)cc2c(=O)c(C(=O)O)cn(C3CC3F)c12. The molecule has 0 radical (unpaired) electrons. The average molecular weight is 414 g/mol. The fraction of sp³-hybridized carbons (Fsp3) is 0.476. The van der Waals surface area contributed by atoms with Gasteiger partial charge in [-0.15, -0.1) is 0 Å². The van der Waals surface area contributed by atoms with E-state index < -0.39 is 35.0 Å². The van der Waals surface area contributed by atoms with E-state index in [1.165, 1.54) is 4.57 Å². The van der Waals surface area contributed by atoms with E-state index in [1.54, 1.807) is 4.90 Å². The first-order chi connectivity index (χ1) is 14.2. The molecule has 2 aromatic rings. The van der Waals surface area contributed by atoms with Crippen molar-refractivity contribution in [3.05, 3.63) is 39.4 Å². The van der Waals surface area contributed by atoms with Gasteiger partial charge in [0.15, 0.2) is 0 Å². The standard InChI is InChI=1S/C21H20F2N4O3/c22-14-6-16(14)27-9-13(20(29)30)19(28)11-5-15(23)18(12(7-24)17(11)27)26-4-1-10(8-26)21(25)2-3-21/h5,9-10,14,16H,1-4,6,8,25H2,(H,29,30). The first-order valence-electron chi connectivity index (χ1n) is 9.98. The first kappa shape index (κ1) is 19.0. The second-order valence-corrected chi connectivity index (χ2v) is 8.66. The molecule has 2 aliphatic carbocycles. The average Bonchev–Trinajstić information content (AvgIpc) is 3.57. The highest BCUT2D eigenvalue weighted by atomic mass is 19.1. The fourth-order valence-corrected chi connectivity index (χ4v) is 4.73. The van der Waals surface area contributed by atoms with E-state index in [0.717, 1.165) is 31.5 Å². The third-order valence-electron chi connectivity index (χ3n) is 6.77. The van der Waals surface area contributed by atoms with E-state index in [-0.39, 0.29) is 40.0 Å². The molecule has 0 bridgehead atoms. The highest BCUT2D eigenvalue weighted by Crippen LogP contribution is 2.46. The minimum atomic E-state index is -1.48. The quantitative estimate of drug-likeness (QED) is 0.794. The summed E-state index contributed by atoms with van der Waals surface area (Å²) >= 11 is 0. The van der Waals surface area contributed by atoms with Gasteiger partial charge in [-0.05, 0) is 31.2 Å². The number of carbonyl (C=O) groups is 1. The lowest BCUT2D eigenvalue weighted by Gasteiger charge is -2.24. The van der Waals surface area contributed by atoms with Crippen molar-refractivity contribution in [1.29, 1.82) is 5.26 Å². The monoisotopic (exact) mass is 414 g/mol. The molecule has 0 spiro atoms. The van der Waals surface area contributed by atoms with Crippen molar-refractivity contribution in [3.8, 4) is 6.07 Å². The Hall–Kier alpha value is -2.99. The van der Waals surface area contributed by atoms with Crippen LogP contribution in [0.3, 0.4) is 0 Å². The molecule has 5 rings (SSSR count). The van der Waals surface area contributed by atoms with Crippen LogP contribution in [0, 0.1) is 23.1 Å². The summed E-state index contributed by atoms with van der Waals surface area (Å²) in [6.45, 7) is 1.02. The molecule has 1 aromatic heterocycles. The lowest BCUT2D eigenvalue weighted by Crippen LogP contribution is -2.35. The number of rotatable bonds is 4. The van der Waals surface area contributed by atoms with Gasteiger partial charge in [0.25, 0.3) is 0 Å². The molecule has 3 fully saturated rings. The van der Waals surface area contributed by atoms with Crippen LogP contribution in [0.4, 0.5) is 14.5 Å². The highest BCUT2D eigenvalue weighted by molar-refractivity contribution is 5.96. The minimum absolute atomic E-state index is 0.0688. The topological polar surface area (TPSA) is 112 Å². The molecule has 30 heavy (non-hydrogen) atoms. The van der Waals surface area contributed by atoms with E-state index in [2.05, 4.69) is 0 Å². The van der Waals surface area contributed by atoms with Crippen LogP contribution < -0.4 is 16.1 Å². The zero-order valence-electron chi connectivity index (χ0n) is 16.1. The van der Waals surface area contributed by atoms with Crippen LogP contribution >= 0.6 is 0 Å². The predicted octanol–water partition coefficient (Wildman–Crippen LogP) is 2.31. The summed E-state index contributed by atoms with van der Waals surface area (Å²) in [5.41, 5.74) is 4.72. The molecule has 3 unspecified atom stereocenters. The lowest BCUT2D eigenvalue weighted by molar-refractivity contribution is 0.0694. The summed E-state index contributed by atoms with van der Waals surface area (Å²) < 4.78 is 30.4. The number of hydrogen-bond acceptors (Lipinski definition) is 5. The van der Waals surface area contributed by atoms with Crippen LogP contribution in [0.15, 0.2) is 17.1 Å². The largest absolute Gasteiger partial charge is 0.477 e. The molecule has 9 heteroatoms. The van der Waals surface area contributed by atoms with Crippen molar-refractivity contribution in [2.75, 3.05) is 18.0 Å². The second-order valence-electron chi connectivity index (χ2n) is 8.66. The normalized spacial score (nSPS) is 26.6. The van der Waals surface area contributed by atoms with Gasteiger partial charge in [-0.2, -0.15) is 5.26 Å². The van der Waals surface area contributed by atoms with Crippen molar-refractivity contribution >= 4 is 22.6 Å². The third kappa shape index (κ3) is 2.70. The number of nitrogens with two attached hydrogens (primary N) is 1. The van der Waals surface area contributed by atoms with Crippen LogP contribution in [-0.4, -0.2) is 40.4 Å². The Labute approximate surface area is 170 Å². The predicted molar refractivity (Wildman–Crippen MR) is 105 cm³/mol. The number of halogens is 2. The Kier molecular flexibility index (Phi) is 3.96. The van der Waals surface area contributed by atoms with Crippen molar-refractivity contribution in [3.63, 3.8) is 0 Å². The number of carboxylic acids is 1. The number of carboxylic acid groups (broad SMARTS) is 1. The molecule has 1 saturated heterocycles. The van der Waals surface area contributed by atoms with Crippen molar-refractivity contribution < 1.29 is 18.7 Å². The number of aromatic nitrogens is 1. The van der Waals surface area contributed by atoms with E-state index in [4.69, 9.17) is 5.73 Å². The Bertz CT molecular complexity index is 1200. The molecular formula is C21H20F2N4O3. The van der Waals surface area contributed by atoms with E-state index >= 15 is 4.39 Å². The maximum Gasteiger partial charge on any atom is 0.341 e. The smallest absolute Gasteiger partial charge is 0.341 e. The van der Waals surface area contributed by atoms with Crippen LogP contribution in [0.1, 0.15) is 47.6 Å². The highest BCUT2D eigenvalue weighted by Gasteiger charge is 2.48. The van der Waals surface area contributed by atoms with Gasteiger partial charge >= 0.3 is 5.97 Å². The van der Waals surface area contributed by atoms with Gasteiger partial charge in [-0.3, -0.25) is 4.79 Å². The van der Waals surface area contributed by atoms with E-state index in [1.807, 2.05) is 6.07 Å². The second kappa shape index (κ2) is 6.25. The van der Waals surface area contributed by atoms with Gasteiger partial charge < -0.3 is 20.3 Å². The van der Waals surface area contributed by atoms with Gasteiger partial charge in [0.05, 0.1) is 22.6 Å². The molecule has 3 atom stereocenters. The molecule has 1 aliphatic heterocycles. The number of fused-ring (bicyclic) bond motifs is 1. The lowest BCUT2D eigenvalue weighted by atomic mass is 9.97. The van der Waals surface area contributed by atoms with Crippen molar-refractivity contribution in [2.45, 2.75) is 43.4 Å². The number of alkyl halides is 1. The number of benzene rings is 1. The molecule has 0 amide bonds. The van der Waals surface area contributed by atoms with Gasteiger partial charge in [0, 0.05) is 31.2 Å². The van der Waals surface area contributed by atoms with Crippen molar-refractivity contribution in [1.82, 2.24) is 4.57 Å². The maximum absolute atomic E-state index is 15.2. The number of nitriles is 1. The number of hydrogen-bond donors (Lipinski definition) is 2. The summed E-state index contributed by atoms with van der Waals surface area (Å²) in [6.07, 6.45) is 2.64. The van der Waals surface area contributed by atoms with Crippen molar-refractivity contribution in [2.24, 2.45) is 11.7 Å². The van der Waals surface area contributed by atoms with E-state index in [9.17, 15) is 24.3 Å².